The molecule has 0 aromatic rings. The summed E-state index contributed by atoms with van der Waals surface area (Å²) in [6, 6.07) is 0. The van der Waals surface area contributed by atoms with E-state index in [9.17, 15) is 0 Å². The molecule has 12 heavy (non-hydrogen) atoms. The van der Waals surface area contributed by atoms with Gasteiger partial charge in [0.15, 0.2) is 0 Å². The first kappa shape index (κ1) is 12.0. The van der Waals surface area contributed by atoms with Gasteiger partial charge < -0.3 is 0 Å². The van der Waals surface area contributed by atoms with Gasteiger partial charge in [-0.3, -0.25) is 0 Å². The van der Waals surface area contributed by atoms with Gasteiger partial charge in [-0.15, -0.1) is 0 Å². The molecule has 0 spiro atoms. The van der Waals surface area contributed by atoms with Crippen LogP contribution in [0.25, 0.3) is 0 Å². The van der Waals surface area contributed by atoms with Gasteiger partial charge in [-0.2, -0.15) is 0 Å². The highest BCUT2D eigenvalue weighted by Gasteiger charge is 2.39. The molecule has 0 amide bonds. The highest BCUT2D eigenvalue weighted by molar-refractivity contribution is 4.93. The first-order chi connectivity index (χ1) is 5.29. The van der Waals surface area contributed by atoms with Crippen LogP contribution in [0.5, 0.6) is 0 Å². The van der Waals surface area contributed by atoms with Crippen molar-refractivity contribution in [1.29, 1.82) is 0 Å². The Morgan fingerprint density at radius 1 is 1.17 bits per heavy atom. The van der Waals surface area contributed by atoms with Gasteiger partial charge in [0.1, 0.15) is 0 Å². The molecular formula is C12H25. The number of hydrogen-bond donors (Lipinski definition) is 0. The van der Waals surface area contributed by atoms with Crippen LogP contribution in [-0.4, -0.2) is 0 Å². The van der Waals surface area contributed by atoms with Crippen LogP contribution < -0.4 is 0 Å². The largest absolute Gasteiger partial charge is 0.0651 e. The molecule has 1 radical (unpaired) electrons. The van der Waals surface area contributed by atoms with E-state index in [1.165, 1.54) is 12.8 Å². The van der Waals surface area contributed by atoms with Gasteiger partial charge in [0.25, 0.3) is 0 Å². The van der Waals surface area contributed by atoms with E-state index < -0.39 is 0 Å². The van der Waals surface area contributed by atoms with Crippen LogP contribution in [0, 0.1) is 23.7 Å². The molecular weight excluding hydrogens is 144 g/mol. The van der Waals surface area contributed by atoms with E-state index in [1.54, 1.807) is 0 Å². The van der Waals surface area contributed by atoms with Crippen molar-refractivity contribution in [3.8, 4) is 0 Å². The molecule has 2 atom stereocenters. The summed E-state index contributed by atoms with van der Waals surface area (Å²) in [5.74, 6) is 0.759. The van der Waals surface area contributed by atoms with E-state index in [2.05, 4.69) is 48.5 Å². The first-order valence-electron chi connectivity index (χ1n) is 5.15. The standard InChI is InChI=1S/C12H25/c1-8-10(3)12(7,9-2)11(4,5)6/h10H,4,8-9H2,1-3,5-7H3. The fourth-order valence-corrected chi connectivity index (χ4v) is 1.94. The Morgan fingerprint density at radius 3 is 1.67 bits per heavy atom. The highest BCUT2D eigenvalue weighted by atomic mass is 14.4. The third-order valence-corrected chi connectivity index (χ3v) is 3.98. The Morgan fingerprint density at radius 2 is 1.58 bits per heavy atom. The summed E-state index contributed by atoms with van der Waals surface area (Å²) in [6.07, 6.45) is 2.47. The van der Waals surface area contributed by atoms with Crippen molar-refractivity contribution in [3.63, 3.8) is 0 Å². The van der Waals surface area contributed by atoms with E-state index in [0.717, 1.165) is 5.92 Å². The van der Waals surface area contributed by atoms with E-state index in [4.69, 9.17) is 0 Å². The lowest BCUT2D eigenvalue weighted by Gasteiger charge is -2.46. The predicted octanol–water partition coefficient (Wildman–Crippen LogP) is 4.31. The van der Waals surface area contributed by atoms with Crippen molar-refractivity contribution >= 4 is 0 Å². The average molecular weight is 169 g/mol. The Balaban J connectivity index is 4.67. The van der Waals surface area contributed by atoms with Crippen molar-refractivity contribution in [2.75, 3.05) is 0 Å². The molecule has 0 fully saturated rings. The lowest BCUT2D eigenvalue weighted by Crippen LogP contribution is -2.38. The van der Waals surface area contributed by atoms with E-state index in [-0.39, 0.29) is 5.41 Å². The van der Waals surface area contributed by atoms with Crippen LogP contribution >= 0.6 is 0 Å². The molecule has 0 nitrogen and oxygen atoms in total. The predicted molar refractivity (Wildman–Crippen MR) is 57.0 cm³/mol. The van der Waals surface area contributed by atoms with Gasteiger partial charge in [0, 0.05) is 0 Å². The van der Waals surface area contributed by atoms with Crippen LogP contribution in [0.4, 0.5) is 0 Å². The zero-order valence-electron chi connectivity index (χ0n) is 9.70. The second kappa shape index (κ2) is 3.81. The molecule has 0 saturated carbocycles. The first-order valence-corrected chi connectivity index (χ1v) is 5.15. The smallest absolute Gasteiger partial charge is 0.0252 e. The summed E-state index contributed by atoms with van der Waals surface area (Å²) < 4.78 is 0. The molecule has 0 bridgehead atoms. The third kappa shape index (κ3) is 2.02. The second-order valence-electron chi connectivity index (χ2n) is 4.96. The summed E-state index contributed by atoms with van der Waals surface area (Å²) in [7, 11) is 0. The SMILES string of the molecule is [CH2]C(C)(C)C(C)(CC)C(C)CC. The van der Waals surface area contributed by atoms with E-state index in [0.29, 0.717) is 5.41 Å². The second-order valence-corrected chi connectivity index (χ2v) is 4.96. The molecule has 0 aliphatic rings. The molecule has 73 valence electrons. The fraction of sp³-hybridized carbons (Fsp3) is 0.917. The van der Waals surface area contributed by atoms with E-state index >= 15 is 0 Å². The van der Waals surface area contributed by atoms with Crippen molar-refractivity contribution in [3.05, 3.63) is 6.92 Å². The van der Waals surface area contributed by atoms with Crippen LogP contribution in [0.2, 0.25) is 0 Å². The summed E-state index contributed by atoms with van der Waals surface area (Å²) >= 11 is 0. The van der Waals surface area contributed by atoms with Gasteiger partial charge in [0.05, 0.1) is 0 Å². The topological polar surface area (TPSA) is 0 Å². The minimum Gasteiger partial charge on any atom is -0.0651 e. The van der Waals surface area contributed by atoms with Crippen molar-refractivity contribution < 1.29 is 0 Å². The van der Waals surface area contributed by atoms with Gasteiger partial charge in [-0.25, -0.2) is 0 Å². The number of rotatable bonds is 4. The maximum Gasteiger partial charge on any atom is -0.0252 e. The fourth-order valence-electron chi connectivity index (χ4n) is 1.94. The highest BCUT2D eigenvalue weighted by Crippen LogP contribution is 2.47. The van der Waals surface area contributed by atoms with Gasteiger partial charge in [-0.1, -0.05) is 48.0 Å². The number of hydrogen-bond acceptors (Lipinski definition) is 0. The van der Waals surface area contributed by atoms with Crippen LogP contribution in [0.15, 0.2) is 0 Å². The third-order valence-electron chi connectivity index (χ3n) is 3.98. The maximum atomic E-state index is 4.28. The van der Waals surface area contributed by atoms with Crippen LogP contribution in [-0.2, 0) is 0 Å². The summed E-state index contributed by atoms with van der Waals surface area (Å²) in [4.78, 5) is 0. The molecule has 0 saturated heterocycles. The molecule has 0 aliphatic carbocycles. The molecule has 0 aromatic carbocycles. The average Bonchev–Trinajstić information content (AvgIpc) is 1.99. The zero-order chi connectivity index (χ0) is 9.99. The molecule has 0 heterocycles. The Hall–Kier alpha value is 0. The summed E-state index contributed by atoms with van der Waals surface area (Å²) in [6.45, 7) is 18.0. The van der Waals surface area contributed by atoms with Gasteiger partial charge in [-0.05, 0) is 30.1 Å². The van der Waals surface area contributed by atoms with E-state index in [1.807, 2.05) is 0 Å². The Kier molecular flexibility index (Phi) is 3.81. The minimum atomic E-state index is 0.178. The Bertz CT molecular complexity index is 129. The molecule has 0 aliphatic heterocycles. The Labute approximate surface area is 78.8 Å². The van der Waals surface area contributed by atoms with Crippen LogP contribution in [0.1, 0.15) is 54.4 Å². The molecule has 2 unspecified atom stereocenters. The van der Waals surface area contributed by atoms with Crippen molar-refractivity contribution in [2.45, 2.75) is 54.4 Å². The summed E-state index contributed by atoms with van der Waals surface area (Å²) in [5.41, 5.74) is 0.554. The lowest BCUT2D eigenvalue weighted by molar-refractivity contribution is 0.0569. The van der Waals surface area contributed by atoms with Crippen molar-refractivity contribution in [2.24, 2.45) is 16.7 Å². The minimum absolute atomic E-state index is 0.178. The normalized spacial score (nSPS) is 20.2. The maximum absolute atomic E-state index is 4.28. The van der Waals surface area contributed by atoms with Gasteiger partial charge >= 0.3 is 0 Å². The molecule has 0 N–H and O–H groups in total. The van der Waals surface area contributed by atoms with Gasteiger partial charge in [0.2, 0.25) is 0 Å². The molecule has 0 rings (SSSR count). The van der Waals surface area contributed by atoms with Crippen molar-refractivity contribution in [1.82, 2.24) is 0 Å². The zero-order valence-corrected chi connectivity index (χ0v) is 9.70. The van der Waals surface area contributed by atoms with Crippen LogP contribution in [0.3, 0.4) is 0 Å². The summed E-state index contributed by atoms with van der Waals surface area (Å²) in [5, 5.41) is 0. The quantitative estimate of drug-likeness (QED) is 0.588. The monoisotopic (exact) mass is 169 g/mol. The molecule has 0 heteroatoms. The molecule has 0 aromatic heterocycles. The lowest BCUT2D eigenvalue weighted by atomic mass is 9.59.